The minimum atomic E-state index is 0.775. The Hall–Kier alpha value is -2.72. The van der Waals surface area contributed by atoms with Gasteiger partial charge in [-0.1, -0.05) is 30.3 Å². The molecule has 4 heteroatoms. The van der Waals surface area contributed by atoms with Crippen LogP contribution < -0.4 is 10.1 Å². The Kier molecular flexibility index (Phi) is 3.97. The predicted molar refractivity (Wildman–Crippen MR) is 94.9 cm³/mol. The topological polar surface area (TPSA) is 47.0 Å². The summed E-state index contributed by atoms with van der Waals surface area (Å²) >= 11 is 0. The van der Waals surface area contributed by atoms with Gasteiger partial charge in [-0.3, -0.25) is 0 Å². The zero-order valence-electron chi connectivity index (χ0n) is 13.6. The summed E-state index contributed by atoms with van der Waals surface area (Å²) in [5.74, 6) is 1.61. The van der Waals surface area contributed by atoms with Crippen LogP contribution in [0.1, 0.15) is 11.3 Å². The third-order valence-corrected chi connectivity index (χ3v) is 4.33. The number of nitrogens with zero attached hydrogens (tertiary/aromatic N) is 2. The molecule has 1 N–H and O–H groups in total. The van der Waals surface area contributed by atoms with E-state index in [2.05, 4.69) is 17.4 Å². The van der Waals surface area contributed by atoms with Crippen molar-refractivity contribution in [2.24, 2.45) is 0 Å². The second-order valence-electron chi connectivity index (χ2n) is 5.84. The second kappa shape index (κ2) is 6.42. The van der Waals surface area contributed by atoms with Gasteiger partial charge in [-0.25, -0.2) is 9.97 Å². The Morgan fingerprint density at radius 1 is 0.917 bits per heavy atom. The van der Waals surface area contributed by atoms with E-state index in [9.17, 15) is 0 Å². The van der Waals surface area contributed by atoms with Crippen molar-refractivity contribution in [1.82, 2.24) is 15.3 Å². The van der Waals surface area contributed by atoms with Gasteiger partial charge < -0.3 is 10.1 Å². The molecule has 4 rings (SSSR count). The van der Waals surface area contributed by atoms with E-state index in [-0.39, 0.29) is 0 Å². The van der Waals surface area contributed by atoms with E-state index < -0.39 is 0 Å². The summed E-state index contributed by atoms with van der Waals surface area (Å²) in [6, 6.07) is 18.3. The fourth-order valence-electron chi connectivity index (χ4n) is 3.05. The Morgan fingerprint density at radius 3 is 2.46 bits per heavy atom. The van der Waals surface area contributed by atoms with Gasteiger partial charge in [-0.05, 0) is 24.3 Å². The molecule has 3 aromatic rings. The SMILES string of the molecule is COc1ccc(-c2nc3c(c(-c4ccccc4)n2)CNCC3)cc1. The van der Waals surface area contributed by atoms with Gasteiger partial charge in [0.15, 0.2) is 5.82 Å². The molecule has 1 aliphatic rings. The summed E-state index contributed by atoms with van der Waals surface area (Å²) in [5, 5.41) is 3.43. The van der Waals surface area contributed by atoms with E-state index in [1.54, 1.807) is 7.11 Å². The van der Waals surface area contributed by atoms with Crippen LogP contribution in [0.4, 0.5) is 0 Å². The van der Waals surface area contributed by atoms with Gasteiger partial charge in [-0.2, -0.15) is 0 Å². The molecule has 0 fully saturated rings. The Labute approximate surface area is 141 Å². The van der Waals surface area contributed by atoms with Crippen molar-refractivity contribution in [2.45, 2.75) is 13.0 Å². The number of rotatable bonds is 3. The standard InChI is InChI=1S/C20H19N3O/c1-24-16-9-7-15(8-10-16)20-22-18-11-12-21-13-17(18)19(23-20)14-5-3-2-4-6-14/h2-10,21H,11-13H2,1H3. The smallest absolute Gasteiger partial charge is 0.160 e. The summed E-state index contributed by atoms with van der Waals surface area (Å²) in [7, 11) is 1.67. The highest BCUT2D eigenvalue weighted by molar-refractivity contribution is 5.68. The highest BCUT2D eigenvalue weighted by Gasteiger charge is 2.19. The lowest BCUT2D eigenvalue weighted by molar-refractivity contribution is 0.415. The fourth-order valence-corrected chi connectivity index (χ4v) is 3.05. The van der Waals surface area contributed by atoms with E-state index in [1.165, 1.54) is 5.56 Å². The molecule has 0 saturated heterocycles. The molecule has 2 aromatic carbocycles. The third kappa shape index (κ3) is 2.76. The number of aromatic nitrogens is 2. The number of hydrogen-bond donors (Lipinski definition) is 1. The van der Waals surface area contributed by atoms with E-state index in [0.717, 1.165) is 53.6 Å². The maximum atomic E-state index is 5.24. The number of methoxy groups -OCH3 is 1. The minimum Gasteiger partial charge on any atom is -0.497 e. The van der Waals surface area contributed by atoms with Crippen molar-refractivity contribution in [3.8, 4) is 28.4 Å². The van der Waals surface area contributed by atoms with Gasteiger partial charge in [0.05, 0.1) is 18.5 Å². The van der Waals surface area contributed by atoms with E-state index in [4.69, 9.17) is 14.7 Å². The van der Waals surface area contributed by atoms with Crippen LogP contribution in [-0.2, 0) is 13.0 Å². The summed E-state index contributed by atoms with van der Waals surface area (Å²) < 4.78 is 5.24. The first-order chi connectivity index (χ1) is 11.8. The van der Waals surface area contributed by atoms with Gasteiger partial charge >= 0.3 is 0 Å². The molecule has 0 atom stereocenters. The van der Waals surface area contributed by atoms with Crippen LogP contribution in [0, 0.1) is 0 Å². The number of ether oxygens (including phenoxy) is 1. The second-order valence-corrected chi connectivity index (χ2v) is 5.84. The van der Waals surface area contributed by atoms with Crippen molar-refractivity contribution >= 4 is 0 Å². The molecule has 0 saturated carbocycles. The monoisotopic (exact) mass is 317 g/mol. The lowest BCUT2D eigenvalue weighted by Crippen LogP contribution is -2.26. The zero-order valence-corrected chi connectivity index (χ0v) is 13.6. The Morgan fingerprint density at radius 2 is 1.71 bits per heavy atom. The van der Waals surface area contributed by atoms with Crippen molar-refractivity contribution in [2.75, 3.05) is 13.7 Å². The average Bonchev–Trinajstić information content (AvgIpc) is 2.68. The molecular weight excluding hydrogens is 298 g/mol. The highest BCUT2D eigenvalue weighted by atomic mass is 16.5. The molecule has 120 valence electrons. The quantitative estimate of drug-likeness (QED) is 0.803. The molecule has 1 aromatic heterocycles. The number of nitrogens with one attached hydrogen (secondary N) is 1. The van der Waals surface area contributed by atoms with Gasteiger partial charge in [-0.15, -0.1) is 0 Å². The van der Waals surface area contributed by atoms with Crippen LogP contribution in [0.25, 0.3) is 22.6 Å². The first-order valence-electron chi connectivity index (χ1n) is 8.15. The summed E-state index contributed by atoms with van der Waals surface area (Å²) in [5.41, 5.74) is 5.53. The van der Waals surface area contributed by atoms with Crippen molar-refractivity contribution < 1.29 is 4.74 Å². The highest BCUT2D eigenvalue weighted by Crippen LogP contribution is 2.29. The molecule has 1 aliphatic heterocycles. The summed E-state index contributed by atoms with van der Waals surface area (Å²) in [6.07, 6.45) is 0.931. The molecule has 0 bridgehead atoms. The molecule has 0 unspecified atom stereocenters. The summed E-state index contributed by atoms with van der Waals surface area (Å²) in [6.45, 7) is 1.78. The molecule has 0 radical (unpaired) electrons. The lowest BCUT2D eigenvalue weighted by atomic mass is 10.00. The van der Waals surface area contributed by atoms with Crippen molar-refractivity contribution in [3.05, 3.63) is 65.9 Å². The largest absolute Gasteiger partial charge is 0.497 e. The van der Waals surface area contributed by atoms with E-state index >= 15 is 0 Å². The van der Waals surface area contributed by atoms with Crippen LogP contribution >= 0.6 is 0 Å². The van der Waals surface area contributed by atoms with Gasteiger partial charge in [0, 0.05) is 36.2 Å². The Bertz CT molecular complexity index is 845. The molecule has 0 aliphatic carbocycles. The van der Waals surface area contributed by atoms with Crippen LogP contribution in [0.5, 0.6) is 5.75 Å². The predicted octanol–water partition coefficient (Wildman–Crippen LogP) is 3.46. The zero-order chi connectivity index (χ0) is 16.4. The average molecular weight is 317 g/mol. The number of fused-ring (bicyclic) bond motifs is 1. The fraction of sp³-hybridized carbons (Fsp3) is 0.200. The summed E-state index contributed by atoms with van der Waals surface area (Å²) in [4.78, 5) is 9.72. The normalized spacial score (nSPS) is 13.4. The molecule has 4 nitrogen and oxygen atoms in total. The van der Waals surface area contributed by atoms with E-state index in [0.29, 0.717) is 0 Å². The molecule has 2 heterocycles. The maximum Gasteiger partial charge on any atom is 0.160 e. The first kappa shape index (κ1) is 14.8. The molecule has 0 amide bonds. The first-order valence-corrected chi connectivity index (χ1v) is 8.15. The van der Waals surface area contributed by atoms with Crippen LogP contribution in [0.2, 0.25) is 0 Å². The molecule has 0 spiro atoms. The van der Waals surface area contributed by atoms with E-state index in [1.807, 2.05) is 42.5 Å². The maximum absolute atomic E-state index is 5.24. The van der Waals surface area contributed by atoms with Crippen LogP contribution in [0.15, 0.2) is 54.6 Å². The van der Waals surface area contributed by atoms with Crippen LogP contribution in [0.3, 0.4) is 0 Å². The van der Waals surface area contributed by atoms with Crippen LogP contribution in [-0.4, -0.2) is 23.6 Å². The Balaban J connectivity index is 1.86. The lowest BCUT2D eigenvalue weighted by Gasteiger charge is -2.20. The van der Waals surface area contributed by atoms with Crippen molar-refractivity contribution in [1.29, 1.82) is 0 Å². The van der Waals surface area contributed by atoms with Gasteiger partial charge in [0.1, 0.15) is 5.75 Å². The van der Waals surface area contributed by atoms with Crippen molar-refractivity contribution in [3.63, 3.8) is 0 Å². The van der Waals surface area contributed by atoms with Gasteiger partial charge in [0.25, 0.3) is 0 Å². The molecule has 24 heavy (non-hydrogen) atoms. The number of hydrogen-bond acceptors (Lipinski definition) is 4. The third-order valence-electron chi connectivity index (χ3n) is 4.33. The number of benzene rings is 2. The molecular formula is C20H19N3O. The van der Waals surface area contributed by atoms with Gasteiger partial charge in [0.2, 0.25) is 0 Å². The minimum absolute atomic E-state index is 0.775.